The lowest BCUT2D eigenvalue weighted by Crippen LogP contribution is -2.31. The van der Waals surface area contributed by atoms with Gasteiger partial charge in [0, 0.05) is 15.1 Å². The molecule has 3 rings (SSSR count). The van der Waals surface area contributed by atoms with Crippen LogP contribution in [0, 0.1) is 0 Å². The van der Waals surface area contributed by atoms with Gasteiger partial charge in [-0.05, 0) is 62.2 Å². The molecule has 12 heteroatoms. The Kier molecular flexibility index (Phi) is 6.87. The summed E-state index contributed by atoms with van der Waals surface area (Å²) in [6.45, 7) is 0. The first-order valence-electron chi connectivity index (χ1n) is 7.74. The zero-order valence-corrected chi connectivity index (χ0v) is 19.6. The Balaban J connectivity index is 2.09. The van der Waals surface area contributed by atoms with Crippen LogP contribution in [0.25, 0.3) is 5.82 Å². The highest BCUT2D eigenvalue weighted by Gasteiger charge is 2.24. The maximum atomic E-state index is 13.0. The summed E-state index contributed by atoms with van der Waals surface area (Å²) in [7, 11) is 0. The Bertz CT molecular complexity index is 1140. The minimum absolute atomic E-state index is 0.0642. The summed E-state index contributed by atoms with van der Waals surface area (Å²) in [6, 6.07) is 7.82. The number of anilines is 1. The van der Waals surface area contributed by atoms with Gasteiger partial charge in [-0.2, -0.15) is 0 Å². The van der Waals surface area contributed by atoms with Crippen LogP contribution in [0.15, 0.2) is 45.5 Å². The Labute approximate surface area is 196 Å². The lowest BCUT2D eigenvalue weighted by atomic mass is 10.1. The average molecular weight is 582 g/mol. The van der Waals surface area contributed by atoms with E-state index in [-0.39, 0.29) is 38.0 Å². The van der Waals surface area contributed by atoms with Crippen LogP contribution in [0.5, 0.6) is 0 Å². The van der Waals surface area contributed by atoms with Gasteiger partial charge in [0.25, 0.3) is 11.8 Å². The van der Waals surface area contributed by atoms with E-state index >= 15 is 0 Å². The third kappa shape index (κ3) is 4.30. The summed E-state index contributed by atoms with van der Waals surface area (Å²) >= 11 is 25.2. The van der Waals surface area contributed by atoms with Crippen molar-refractivity contribution in [2.75, 3.05) is 5.32 Å². The molecule has 2 aromatic heterocycles. The molecule has 0 saturated carbocycles. The summed E-state index contributed by atoms with van der Waals surface area (Å²) in [4.78, 5) is 29.4. The van der Waals surface area contributed by atoms with Crippen LogP contribution in [0.4, 0.5) is 5.69 Å². The minimum atomic E-state index is -0.604. The molecule has 0 fully saturated rings. The van der Waals surface area contributed by atoms with Crippen molar-refractivity contribution < 1.29 is 9.59 Å². The lowest BCUT2D eigenvalue weighted by molar-refractivity contribution is 0.0953. The molecule has 0 unspecified atom stereocenters. The topological polar surface area (TPSA) is 102 Å². The van der Waals surface area contributed by atoms with E-state index in [4.69, 9.17) is 40.6 Å². The first-order valence-corrected chi connectivity index (χ1v) is 10.5. The molecule has 2 heterocycles. The SMILES string of the molecule is NNC(=O)c1c(NC(=O)c2cc(Cl)c(Cl)n2-c2ncccc2Cl)ccc(Br)c1Br. The van der Waals surface area contributed by atoms with Gasteiger partial charge in [-0.3, -0.25) is 19.6 Å². The maximum absolute atomic E-state index is 13.0. The van der Waals surface area contributed by atoms with Gasteiger partial charge in [0.2, 0.25) is 0 Å². The number of hydrazine groups is 1. The zero-order valence-electron chi connectivity index (χ0n) is 14.1. The van der Waals surface area contributed by atoms with Gasteiger partial charge in [-0.1, -0.05) is 34.8 Å². The van der Waals surface area contributed by atoms with E-state index in [1.807, 2.05) is 5.43 Å². The molecule has 3 aromatic rings. The van der Waals surface area contributed by atoms with Crippen molar-refractivity contribution in [1.29, 1.82) is 0 Å². The highest BCUT2D eigenvalue weighted by atomic mass is 79.9. The van der Waals surface area contributed by atoms with Gasteiger partial charge in [-0.25, -0.2) is 10.8 Å². The third-order valence-corrected chi connectivity index (χ3v) is 6.85. The van der Waals surface area contributed by atoms with Crippen LogP contribution in [0.3, 0.4) is 0 Å². The van der Waals surface area contributed by atoms with Crippen molar-refractivity contribution in [1.82, 2.24) is 15.0 Å². The number of nitrogens with two attached hydrogens (primary N) is 1. The highest BCUT2D eigenvalue weighted by Crippen LogP contribution is 2.34. The van der Waals surface area contributed by atoms with Gasteiger partial charge in [0.15, 0.2) is 5.82 Å². The minimum Gasteiger partial charge on any atom is -0.320 e. The molecule has 1 aromatic carbocycles. The number of amides is 2. The number of nitrogens with one attached hydrogen (secondary N) is 2. The Morgan fingerprint density at radius 3 is 2.45 bits per heavy atom. The monoisotopic (exact) mass is 579 g/mol. The molecule has 29 heavy (non-hydrogen) atoms. The maximum Gasteiger partial charge on any atom is 0.272 e. The van der Waals surface area contributed by atoms with Crippen molar-refractivity contribution in [3.8, 4) is 5.82 Å². The van der Waals surface area contributed by atoms with Gasteiger partial charge >= 0.3 is 0 Å². The number of hydrogen-bond donors (Lipinski definition) is 3. The number of aromatic nitrogens is 2. The van der Waals surface area contributed by atoms with E-state index in [1.54, 1.807) is 24.3 Å². The number of hydrogen-bond acceptors (Lipinski definition) is 4. The molecule has 0 aliphatic rings. The van der Waals surface area contributed by atoms with Gasteiger partial charge in [0.1, 0.15) is 10.8 Å². The second-order valence-electron chi connectivity index (χ2n) is 5.52. The number of benzene rings is 1. The molecule has 4 N–H and O–H groups in total. The zero-order chi connectivity index (χ0) is 21.3. The molecule has 0 bridgehead atoms. The van der Waals surface area contributed by atoms with E-state index in [1.165, 1.54) is 16.8 Å². The van der Waals surface area contributed by atoms with Crippen LogP contribution in [-0.2, 0) is 0 Å². The number of rotatable bonds is 4. The highest BCUT2D eigenvalue weighted by molar-refractivity contribution is 9.13. The summed E-state index contributed by atoms with van der Waals surface area (Å²) in [5.74, 6) is 4.29. The molecule has 0 saturated heterocycles. The van der Waals surface area contributed by atoms with Crippen molar-refractivity contribution >= 4 is 84.2 Å². The molecule has 0 aliphatic heterocycles. The average Bonchev–Trinajstić information content (AvgIpc) is 2.99. The number of nitrogens with zero attached hydrogens (tertiary/aromatic N) is 2. The largest absolute Gasteiger partial charge is 0.320 e. The van der Waals surface area contributed by atoms with Crippen molar-refractivity contribution in [2.45, 2.75) is 0 Å². The number of nitrogen functional groups attached to an aromatic ring is 1. The number of halogens is 5. The lowest BCUT2D eigenvalue weighted by Gasteiger charge is -2.14. The molecule has 0 spiro atoms. The van der Waals surface area contributed by atoms with E-state index < -0.39 is 11.8 Å². The predicted octanol–water partition coefficient (Wildman–Crippen LogP) is 5.21. The molecule has 0 radical (unpaired) electrons. The van der Waals surface area contributed by atoms with E-state index in [0.717, 1.165) is 0 Å². The van der Waals surface area contributed by atoms with Crippen LogP contribution in [-0.4, -0.2) is 21.4 Å². The number of pyridine rings is 1. The second-order valence-corrected chi connectivity index (χ2v) is 8.34. The summed E-state index contributed by atoms with van der Waals surface area (Å²) in [5.41, 5.74) is 2.45. The number of carbonyl (C=O) groups is 2. The molecule has 150 valence electrons. The third-order valence-electron chi connectivity index (χ3n) is 3.78. The van der Waals surface area contributed by atoms with E-state index in [2.05, 4.69) is 42.2 Å². The molecular weight excluding hydrogens is 572 g/mol. The van der Waals surface area contributed by atoms with Crippen molar-refractivity contribution in [3.63, 3.8) is 0 Å². The molecule has 2 amide bonds. The first kappa shape index (κ1) is 22.1. The van der Waals surface area contributed by atoms with Crippen LogP contribution in [0.2, 0.25) is 15.2 Å². The molecular formula is C17H10Br2Cl3N5O2. The predicted molar refractivity (Wildman–Crippen MR) is 120 cm³/mol. The molecule has 0 atom stereocenters. The van der Waals surface area contributed by atoms with Crippen LogP contribution in [0.1, 0.15) is 20.8 Å². The van der Waals surface area contributed by atoms with Crippen LogP contribution >= 0.6 is 66.7 Å². The van der Waals surface area contributed by atoms with Gasteiger partial charge in [-0.15, -0.1) is 0 Å². The normalized spacial score (nSPS) is 10.7. The van der Waals surface area contributed by atoms with Gasteiger partial charge < -0.3 is 5.32 Å². The summed E-state index contributed by atoms with van der Waals surface area (Å²) in [6.07, 6.45) is 1.50. The fourth-order valence-corrected chi connectivity index (χ4v) is 3.98. The second kappa shape index (κ2) is 9.03. The quantitative estimate of drug-likeness (QED) is 0.223. The van der Waals surface area contributed by atoms with Crippen molar-refractivity contribution in [2.24, 2.45) is 5.84 Å². The van der Waals surface area contributed by atoms with Crippen LogP contribution < -0.4 is 16.6 Å². The fraction of sp³-hybridized carbons (Fsp3) is 0. The number of carbonyl (C=O) groups excluding carboxylic acids is 2. The standard InChI is InChI=1S/C17H10Br2Cl3N5O2/c18-7-3-4-10(12(13(7)19)17(29)26-23)25-16(28)11-6-9(21)14(22)27(11)15-8(20)2-1-5-24-15/h1-6H,23H2,(H,25,28)(H,26,29). The van der Waals surface area contributed by atoms with E-state index in [0.29, 0.717) is 8.95 Å². The van der Waals surface area contributed by atoms with Crippen molar-refractivity contribution in [3.05, 3.63) is 71.9 Å². The molecule has 7 nitrogen and oxygen atoms in total. The smallest absolute Gasteiger partial charge is 0.272 e. The first-order chi connectivity index (χ1) is 13.8. The summed E-state index contributed by atoms with van der Waals surface area (Å²) < 4.78 is 2.33. The Morgan fingerprint density at radius 1 is 1.07 bits per heavy atom. The Hall–Kier alpha value is -1.62. The van der Waals surface area contributed by atoms with Gasteiger partial charge in [0.05, 0.1) is 21.3 Å². The fourth-order valence-electron chi connectivity index (χ4n) is 2.51. The van der Waals surface area contributed by atoms with E-state index in [9.17, 15) is 9.59 Å². The Morgan fingerprint density at radius 2 is 1.79 bits per heavy atom. The summed E-state index contributed by atoms with van der Waals surface area (Å²) in [5, 5.41) is 3.13. The molecule has 0 aliphatic carbocycles.